The zero-order valence-electron chi connectivity index (χ0n) is 11.4. The third-order valence-corrected chi connectivity index (χ3v) is 3.77. The molecule has 0 spiro atoms. The van der Waals surface area contributed by atoms with Gasteiger partial charge in [0.2, 0.25) is 0 Å². The summed E-state index contributed by atoms with van der Waals surface area (Å²) < 4.78 is 4.19. The molecule has 0 aliphatic rings. The van der Waals surface area contributed by atoms with Crippen LogP contribution in [0.4, 0.5) is 0 Å². The Hall–Kier alpha value is -2.62. The van der Waals surface area contributed by atoms with Crippen molar-refractivity contribution in [3.63, 3.8) is 0 Å². The molecule has 4 rings (SSSR count). The van der Waals surface area contributed by atoms with E-state index < -0.39 is 0 Å². The van der Waals surface area contributed by atoms with Crippen molar-refractivity contribution in [3.8, 4) is 11.4 Å². The lowest BCUT2D eigenvalue weighted by Gasteiger charge is -2.00. The Bertz CT molecular complexity index is 930. The minimum atomic E-state index is 0.912. The van der Waals surface area contributed by atoms with Gasteiger partial charge in [-0.05, 0) is 18.2 Å². The molecule has 0 atom stereocenters. The summed E-state index contributed by atoms with van der Waals surface area (Å²) in [5.74, 6) is 0.954. The summed E-state index contributed by atoms with van der Waals surface area (Å²) in [4.78, 5) is 9.14. The number of para-hydroxylation sites is 1. The molecule has 0 saturated heterocycles. The van der Waals surface area contributed by atoms with Crippen molar-refractivity contribution in [2.75, 3.05) is 0 Å². The van der Waals surface area contributed by atoms with Gasteiger partial charge in [0.25, 0.3) is 0 Å². The maximum atomic E-state index is 4.73. The molecular weight excluding hydrogens is 248 g/mol. The Balaban J connectivity index is 2.09. The molecule has 4 heteroatoms. The molecule has 0 bridgehead atoms. The second-order valence-electron chi connectivity index (χ2n) is 5.01. The average molecular weight is 262 g/mol. The third kappa shape index (κ3) is 1.42. The standard InChI is InChI=1S/C16H14N4/c1-19-10-12(11-6-3-4-8-14(11)19)15-18-13-7-5-9-17-16(13)20(15)2/h3-10H,1-2H3. The lowest BCUT2D eigenvalue weighted by atomic mass is 10.1. The molecule has 0 unspecified atom stereocenters. The highest BCUT2D eigenvalue weighted by atomic mass is 15.1. The maximum absolute atomic E-state index is 4.73. The molecule has 3 aromatic heterocycles. The van der Waals surface area contributed by atoms with E-state index in [0.29, 0.717) is 0 Å². The minimum absolute atomic E-state index is 0.912. The predicted octanol–water partition coefficient (Wildman–Crippen LogP) is 3.13. The largest absolute Gasteiger partial charge is 0.350 e. The highest BCUT2D eigenvalue weighted by molar-refractivity contribution is 5.95. The summed E-state index contributed by atoms with van der Waals surface area (Å²) in [5, 5.41) is 1.22. The van der Waals surface area contributed by atoms with E-state index >= 15 is 0 Å². The van der Waals surface area contributed by atoms with Crippen LogP contribution in [0.5, 0.6) is 0 Å². The number of aromatic nitrogens is 4. The van der Waals surface area contributed by atoms with Crippen molar-refractivity contribution in [3.05, 3.63) is 48.8 Å². The van der Waals surface area contributed by atoms with Crippen molar-refractivity contribution in [1.29, 1.82) is 0 Å². The summed E-state index contributed by atoms with van der Waals surface area (Å²) >= 11 is 0. The number of rotatable bonds is 1. The smallest absolute Gasteiger partial charge is 0.159 e. The molecule has 4 nitrogen and oxygen atoms in total. The van der Waals surface area contributed by atoms with Crippen LogP contribution in [0.2, 0.25) is 0 Å². The van der Waals surface area contributed by atoms with Gasteiger partial charge in [0, 0.05) is 43.0 Å². The quantitative estimate of drug-likeness (QED) is 0.528. The molecule has 0 aliphatic carbocycles. The first-order valence-electron chi connectivity index (χ1n) is 6.57. The molecule has 3 heterocycles. The van der Waals surface area contributed by atoms with Gasteiger partial charge in [-0.25, -0.2) is 9.97 Å². The topological polar surface area (TPSA) is 35.6 Å². The first-order valence-corrected chi connectivity index (χ1v) is 6.57. The Morgan fingerprint density at radius 1 is 1.00 bits per heavy atom. The van der Waals surface area contributed by atoms with E-state index in [2.05, 4.69) is 51.6 Å². The fourth-order valence-electron chi connectivity index (χ4n) is 2.78. The zero-order valence-corrected chi connectivity index (χ0v) is 11.4. The molecule has 0 fully saturated rings. The van der Waals surface area contributed by atoms with Gasteiger partial charge in [-0.2, -0.15) is 0 Å². The lowest BCUT2D eigenvalue weighted by Crippen LogP contribution is -1.93. The van der Waals surface area contributed by atoms with Crippen LogP contribution in [-0.4, -0.2) is 19.1 Å². The second kappa shape index (κ2) is 3.93. The highest BCUT2D eigenvalue weighted by Gasteiger charge is 2.15. The average Bonchev–Trinajstić information content (AvgIpc) is 2.99. The van der Waals surface area contributed by atoms with Crippen molar-refractivity contribution >= 4 is 22.1 Å². The van der Waals surface area contributed by atoms with Gasteiger partial charge >= 0.3 is 0 Å². The lowest BCUT2D eigenvalue weighted by molar-refractivity contribution is 0.934. The van der Waals surface area contributed by atoms with Gasteiger partial charge < -0.3 is 9.13 Å². The van der Waals surface area contributed by atoms with Gasteiger partial charge in [0.1, 0.15) is 11.3 Å². The van der Waals surface area contributed by atoms with Crippen LogP contribution in [0.1, 0.15) is 0 Å². The van der Waals surface area contributed by atoms with Crippen molar-refractivity contribution in [1.82, 2.24) is 19.1 Å². The van der Waals surface area contributed by atoms with E-state index in [-0.39, 0.29) is 0 Å². The van der Waals surface area contributed by atoms with E-state index in [4.69, 9.17) is 4.98 Å². The van der Waals surface area contributed by atoms with E-state index in [1.54, 1.807) is 6.20 Å². The second-order valence-corrected chi connectivity index (χ2v) is 5.01. The molecule has 20 heavy (non-hydrogen) atoms. The summed E-state index contributed by atoms with van der Waals surface area (Å²) in [6.45, 7) is 0. The van der Waals surface area contributed by atoms with Crippen molar-refractivity contribution in [2.24, 2.45) is 14.1 Å². The molecule has 4 aromatic rings. The predicted molar refractivity (Wildman–Crippen MR) is 80.4 cm³/mol. The fraction of sp³-hybridized carbons (Fsp3) is 0.125. The summed E-state index contributed by atoms with van der Waals surface area (Å²) in [7, 11) is 4.08. The number of pyridine rings is 1. The van der Waals surface area contributed by atoms with Gasteiger partial charge in [0.05, 0.1) is 0 Å². The fourth-order valence-corrected chi connectivity index (χ4v) is 2.78. The number of aryl methyl sites for hydroxylation is 2. The Kier molecular flexibility index (Phi) is 2.21. The SMILES string of the molecule is Cn1cc(-c2nc3cccnc3n2C)c2ccccc21. The van der Waals surface area contributed by atoms with Crippen LogP contribution >= 0.6 is 0 Å². The molecular formula is C16H14N4. The molecule has 0 radical (unpaired) electrons. The van der Waals surface area contributed by atoms with Crippen molar-refractivity contribution < 1.29 is 0 Å². The van der Waals surface area contributed by atoms with Crippen LogP contribution < -0.4 is 0 Å². The molecule has 0 N–H and O–H groups in total. The van der Waals surface area contributed by atoms with Crippen LogP contribution in [0.3, 0.4) is 0 Å². The zero-order chi connectivity index (χ0) is 13.7. The van der Waals surface area contributed by atoms with E-state index in [9.17, 15) is 0 Å². The normalized spacial score (nSPS) is 11.5. The third-order valence-electron chi connectivity index (χ3n) is 3.77. The number of hydrogen-bond acceptors (Lipinski definition) is 2. The molecule has 0 saturated carbocycles. The van der Waals surface area contributed by atoms with Gasteiger partial charge in [-0.1, -0.05) is 18.2 Å². The number of benzene rings is 1. The van der Waals surface area contributed by atoms with Crippen LogP contribution in [-0.2, 0) is 14.1 Å². The van der Waals surface area contributed by atoms with Crippen LogP contribution in [0.25, 0.3) is 33.5 Å². The molecule has 0 aliphatic heterocycles. The van der Waals surface area contributed by atoms with Crippen LogP contribution in [0, 0.1) is 0 Å². The van der Waals surface area contributed by atoms with Gasteiger partial charge in [0.15, 0.2) is 5.65 Å². The van der Waals surface area contributed by atoms with E-state index in [1.165, 1.54) is 10.9 Å². The summed E-state index contributed by atoms with van der Waals surface area (Å²) in [5.41, 5.74) is 4.19. The monoisotopic (exact) mass is 262 g/mol. The van der Waals surface area contributed by atoms with Crippen LogP contribution in [0.15, 0.2) is 48.8 Å². The maximum Gasteiger partial charge on any atom is 0.159 e. The van der Waals surface area contributed by atoms with Crippen molar-refractivity contribution in [2.45, 2.75) is 0 Å². The van der Waals surface area contributed by atoms with Gasteiger partial charge in [-0.15, -0.1) is 0 Å². The molecule has 0 amide bonds. The minimum Gasteiger partial charge on any atom is -0.350 e. The number of imidazole rings is 1. The number of fused-ring (bicyclic) bond motifs is 2. The Morgan fingerprint density at radius 2 is 1.85 bits per heavy atom. The number of nitrogens with zero attached hydrogens (tertiary/aromatic N) is 4. The molecule has 98 valence electrons. The van der Waals surface area contributed by atoms with E-state index in [1.807, 2.05) is 19.2 Å². The summed E-state index contributed by atoms with van der Waals surface area (Å²) in [6.07, 6.45) is 3.93. The first kappa shape index (κ1) is 11.2. The number of hydrogen-bond donors (Lipinski definition) is 0. The Morgan fingerprint density at radius 3 is 2.70 bits per heavy atom. The first-order chi connectivity index (χ1) is 9.75. The van der Waals surface area contributed by atoms with Gasteiger partial charge in [-0.3, -0.25) is 0 Å². The highest BCUT2D eigenvalue weighted by Crippen LogP contribution is 2.30. The van der Waals surface area contributed by atoms with E-state index in [0.717, 1.165) is 22.6 Å². The molecule has 1 aromatic carbocycles. The Labute approximate surface area is 116 Å². The summed E-state index contributed by atoms with van der Waals surface area (Å²) in [6, 6.07) is 12.3.